The van der Waals surface area contributed by atoms with Crippen LogP contribution in [-0.2, 0) is 0 Å². The highest BCUT2D eigenvalue weighted by atomic mass is 16.5. The summed E-state index contributed by atoms with van der Waals surface area (Å²) in [5.41, 5.74) is 3.91. The van der Waals surface area contributed by atoms with Crippen molar-refractivity contribution in [2.24, 2.45) is 0 Å². The first-order chi connectivity index (χ1) is 16.7. The van der Waals surface area contributed by atoms with Crippen LogP contribution in [0.5, 0.6) is 5.75 Å². The molecule has 2 aromatic carbocycles. The second-order valence-corrected chi connectivity index (χ2v) is 8.45. The number of para-hydroxylation sites is 2. The van der Waals surface area contributed by atoms with E-state index in [1.807, 2.05) is 53.3 Å². The number of aromatic nitrogens is 5. The molecule has 8 nitrogen and oxygen atoms in total. The van der Waals surface area contributed by atoms with E-state index in [2.05, 4.69) is 43.9 Å². The van der Waals surface area contributed by atoms with Gasteiger partial charge in [0, 0.05) is 31.6 Å². The molecule has 0 bridgehead atoms. The zero-order valence-corrected chi connectivity index (χ0v) is 19.2. The Morgan fingerprint density at radius 2 is 1.65 bits per heavy atom. The number of ether oxygens (including phenoxy) is 1. The Labute approximate surface area is 197 Å². The fourth-order valence-corrected chi connectivity index (χ4v) is 4.69. The Hall–Kier alpha value is -4.20. The predicted molar refractivity (Wildman–Crippen MR) is 134 cm³/mol. The van der Waals surface area contributed by atoms with Crippen LogP contribution >= 0.6 is 0 Å². The number of aryl methyl sites for hydroxylation is 1. The van der Waals surface area contributed by atoms with E-state index < -0.39 is 0 Å². The van der Waals surface area contributed by atoms with Gasteiger partial charge in [0.25, 0.3) is 0 Å². The highest BCUT2D eigenvalue weighted by molar-refractivity contribution is 5.89. The highest BCUT2D eigenvalue weighted by Gasteiger charge is 2.23. The number of pyridine rings is 1. The fourth-order valence-electron chi connectivity index (χ4n) is 4.69. The maximum atomic E-state index is 5.56. The van der Waals surface area contributed by atoms with Crippen molar-refractivity contribution >= 4 is 33.6 Å². The first kappa shape index (κ1) is 20.4. The van der Waals surface area contributed by atoms with Crippen LogP contribution in [0.4, 0.5) is 11.6 Å². The zero-order chi connectivity index (χ0) is 23.1. The van der Waals surface area contributed by atoms with Gasteiger partial charge in [-0.25, -0.2) is 19.6 Å². The standard InChI is InChI=1S/C26H25N7O/c1-18-15-23(30-24-20(18)9-6-10-22(24)34-2)31-11-13-32(14-12-31)25-21-16-29-33(26(21)28-17-27-25)19-7-4-3-5-8-19/h3-10,15-17H,11-14H2,1-2H3. The second-order valence-electron chi connectivity index (χ2n) is 8.45. The average Bonchev–Trinajstić information content (AvgIpc) is 3.33. The van der Waals surface area contributed by atoms with Crippen LogP contribution in [0.15, 0.2) is 67.1 Å². The summed E-state index contributed by atoms with van der Waals surface area (Å²) in [4.78, 5) is 18.7. The Morgan fingerprint density at radius 1 is 0.853 bits per heavy atom. The molecule has 6 rings (SSSR count). The molecule has 1 fully saturated rings. The van der Waals surface area contributed by atoms with Gasteiger partial charge in [-0.1, -0.05) is 30.3 Å². The molecular weight excluding hydrogens is 426 g/mol. The lowest BCUT2D eigenvalue weighted by Crippen LogP contribution is -2.47. The van der Waals surface area contributed by atoms with Crippen LogP contribution in [0, 0.1) is 6.92 Å². The fraction of sp³-hybridized carbons (Fsp3) is 0.231. The van der Waals surface area contributed by atoms with Gasteiger partial charge in [0.1, 0.15) is 29.2 Å². The SMILES string of the molecule is COc1cccc2c(C)cc(N3CCN(c4ncnc5c4cnn5-c4ccccc4)CC3)nc12. The van der Waals surface area contributed by atoms with Crippen LogP contribution in [0.2, 0.25) is 0 Å². The van der Waals surface area contributed by atoms with Crippen molar-refractivity contribution < 1.29 is 4.74 Å². The summed E-state index contributed by atoms with van der Waals surface area (Å²) < 4.78 is 7.43. The Morgan fingerprint density at radius 3 is 2.44 bits per heavy atom. The van der Waals surface area contributed by atoms with Gasteiger partial charge in [0.15, 0.2) is 5.65 Å². The summed E-state index contributed by atoms with van der Waals surface area (Å²) >= 11 is 0. The van der Waals surface area contributed by atoms with E-state index in [-0.39, 0.29) is 0 Å². The van der Waals surface area contributed by atoms with Gasteiger partial charge >= 0.3 is 0 Å². The maximum absolute atomic E-state index is 5.56. The third-order valence-corrected chi connectivity index (χ3v) is 6.46. The largest absolute Gasteiger partial charge is 0.494 e. The number of rotatable bonds is 4. The molecule has 3 aromatic heterocycles. The minimum absolute atomic E-state index is 0.805. The smallest absolute Gasteiger partial charge is 0.168 e. The molecule has 0 aliphatic carbocycles. The summed E-state index contributed by atoms with van der Waals surface area (Å²) in [6.07, 6.45) is 3.50. The van der Waals surface area contributed by atoms with E-state index in [1.165, 1.54) is 5.56 Å². The Balaban J connectivity index is 1.27. The third-order valence-electron chi connectivity index (χ3n) is 6.46. The molecule has 0 N–H and O–H groups in total. The number of nitrogens with zero attached hydrogens (tertiary/aromatic N) is 7. The monoisotopic (exact) mass is 451 g/mol. The molecule has 0 atom stereocenters. The zero-order valence-electron chi connectivity index (χ0n) is 19.2. The van der Waals surface area contributed by atoms with E-state index in [1.54, 1.807) is 13.4 Å². The Bertz CT molecular complexity index is 1470. The van der Waals surface area contributed by atoms with E-state index in [0.29, 0.717) is 0 Å². The van der Waals surface area contributed by atoms with Crippen molar-refractivity contribution in [3.8, 4) is 11.4 Å². The van der Waals surface area contributed by atoms with Gasteiger partial charge < -0.3 is 14.5 Å². The number of methoxy groups -OCH3 is 1. The molecule has 0 amide bonds. The van der Waals surface area contributed by atoms with Crippen LogP contribution in [0.25, 0.3) is 27.6 Å². The number of benzene rings is 2. The molecular formula is C26H25N7O. The normalized spacial score (nSPS) is 14.2. The molecule has 5 aromatic rings. The first-order valence-corrected chi connectivity index (χ1v) is 11.4. The number of piperazine rings is 1. The molecule has 0 radical (unpaired) electrons. The van der Waals surface area contributed by atoms with Gasteiger partial charge in [-0.2, -0.15) is 5.10 Å². The van der Waals surface area contributed by atoms with Crippen molar-refractivity contribution in [2.75, 3.05) is 43.1 Å². The molecule has 1 aliphatic heterocycles. The molecule has 4 heterocycles. The van der Waals surface area contributed by atoms with Gasteiger partial charge in [0.2, 0.25) is 0 Å². The van der Waals surface area contributed by atoms with Crippen molar-refractivity contribution in [1.82, 2.24) is 24.7 Å². The maximum Gasteiger partial charge on any atom is 0.168 e. The van der Waals surface area contributed by atoms with Crippen LogP contribution < -0.4 is 14.5 Å². The average molecular weight is 452 g/mol. The molecule has 1 aliphatic rings. The molecule has 34 heavy (non-hydrogen) atoms. The molecule has 0 unspecified atom stereocenters. The van der Waals surface area contributed by atoms with Gasteiger partial charge in [-0.3, -0.25) is 0 Å². The highest BCUT2D eigenvalue weighted by Crippen LogP contribution is 2.30. The minimum Gasteiger partial charge on any atom is -0.494 e. The molecule has 170 valence electrons. The van der Waals surface area contributed by atoms with Crippen LogP contribution in [-0.4, -0.2) is 58.0 Å². The van der Waals surface area contributed by atoms with Crippen LogP contribution in [0.3, 0.4) is 0 Å². The summed E-state index contributed by atoms with van der Waals surface area (Å²) in [6, 6.07) is 18.3. The topological polar surface area (TPSA) is 72.2 Å². The quantitative estimate of drug-likeness (QED) is 0.409. The van der Waals surface area contributed by atoms with E-state index in [9.17, 15) is 0 Å². The number of fused-ring (bicyclic) bond motifs is 2. The van der Waals surface area contributed by atoms with E-state index >= 15 is 0 Å². The summed E-state index contributed by atoms with van der Waals surface area (Å²) in [5, 5.41) is 6.68. The Kier molecular flexibility index (Phi) is 4.98. The van der Waals surface area contributed by atoms with Crippen molar-refractivity contribution in [2.45, 2.75) is 6.92 Å². The molecule has 8 heteroatoms. The van der Waals surface area contributed by atoms with Crippen molar-refractivity contribution in [3.63, 3.8) is 0 Å². The summed E-state index contributed by atoms with van der Waals surface area (Å²) in [7, 11) is 1.69. The van der Waals surface area contributed by atoms with E-state index in [4.69, 9.17) is 9.72 Å². The van der Waals surface area contributed by atoms with Gasteiger partial charge in [-0.15, -0.1) is 0 Å². The third kappa shape index (κ3) is 3.39. The molecule has 1 saturated heterocycles. The molecule has 0 saturated carbocycles. The molecule has 0 spiro atoms. The number of anilines is 2. The summed E-state index contributed by atoms with van der Waals surface area (Å²) in [5.74, 6) is 2.72. The van der Waals surface area contributed by atoms with Crippen molar-refractivity contribution in [3.05, 3.63) is 72.7 Å². The lowest BCUT2D eigenvalue weighted by molar-refractivity contribution is 0.419. The van der Waals surface area contributed by atoms with Gasteiger partial charge in [0.05, 0.1) is 24.4 Å². The van der Waals surface area contributed by atoms with Crippen LogP contribution in [0.1, 0.15) is 5.56 Å². The summed E-state index contributed by atoms with van der Waals surface area (Å²) in [6.45, 7) is 5.52. The van der Waals surface area contributed by atoms with E-state index in [0.717, 1.165) is 71.2 Å². The predicted octanol–water partition coefficient (Wildman–Crippen LogP) is 4.01. The number of hydrogen-bond donors (Lipinski definition) is 0. The number of hydrogen-bond acceptors (Lipinski definition) is 7. The van der Waals surface area contributed by atoms with Gasteiger partial charge in [-0.05, 0) is 36.8 Å². The minimum atomic E-state index is 0.805. The lowest BCUT2D eigenvalue weighted by Gasteiger charge is -2.36. The second kappa shape index (κ2) is 8.30. The lowest BCUT2D eigenvalue weighted by atomic mass is 10.1. The van der Waals surface area contributed by atoms with Crippen molar-refractivity contribution in [1.29, 1.82) is 0 Å². The first-order valence-electron chi connectivity index (χ1n) is 11.4.